The highest BCUT2D eigenvalue weighted by molar-refractivity contribution is 6.35. The Kier molecular flexibility index (Phi) is 5.15. The van der Waals surface area contributed by atoms with E-state index < -0.39 is 5.60 Å². The molecule has 1 heterocycles. The van der Waals surface area contributed by atoms with Gasteiger partial charge in [0.25, 0.3) is 0 Å². The first-order valence-corrected chi connectivity index (χ1v) is 7.74. The number of carbonyl (C=O) groups is 1. The highest BCUT2D eigenvalue weighted by Crippen LogP contribution is 2.28. The Hall–Kier alpha value is -0.810. The van der Waals surface area contributed by atoms with Crippen LogP contribution in [0.5, 0.6) is 0 Å². The molecular weight excluding hydrogens is 311 g/mol. The lowest BCUT2D eigenvalue weighted by molar-refractivity contribution is -0.118. The first kappa shape index (κ1) is 16.6. The van der Waals surface area contributed by atoms with Crippen LogP contribution in [0.1, 0.15) is 26.7 Å². The second-order valence-electron chi connectivity index (χ2n) is 5.95. The van der Waals surface area contributed by atoms with E-state index in [9.17, 15) is 9.90 Å². The molecule has 116 valence electrons. The SMILES string of the molecule is CC(C)(O)C1CCCN1CC(=O)Nc1cc(Cl)ccc1Cl. The van der Waals surface area contributed by atoms with Crippen LogP contribution in [-0.2, 0) is 4.79 Å². The number of aliphatic hydroxyl groups is 1. The molecule has 1 aliphatic rings. The third-order valence-corrected chi connectivity index (χ3v) is 4.29. The summed E-state index contributed by atoms with van der Waals surface area (Å²) < 4.78 is 0. The van der Waals surface area contributed by atoms with Crippen molar-refractivity contribution in [1.29, 1.82) is 0 Å². The predicted octanol–water partition coefficient (Wildman–Crippen LogP) is 3.17. The summed E-state index contributed by atoms with van der Waals surface area (Å²) in [5, 5.41) is 13.9. The van der Waals surface area contributed by atoms with Gasteiger partial charge in [0.05, 0.1) is 22.9 Å². The Labute approximate surface area is 135 Å². The summed E-state index contributed by atoms with van der Waals surface area (Å²) in [5.74, 6) is -0.157. The predicted molar refractivity (Wildman–Crippen MR) is 86.0 cm³/mol. The molecule has 1 aromatic carbocycles. The maximum Gasteiger partial charge on any atom is 0.238 e. The summed E-state index contributed by atoms with van der Waals surface area (Å²) in [6.45, 7) is 4.60. The Morgan fingerprint density at radius 3 is 2.86 bits per heavy atom. The van der Waals surface area contributed by atoms with Crippen molar-refractivity contribution in [3.05, 3.63) is 28.2 Å². The highest BCUT2D eigenvalue weighted by Gasteiger charge is 2.36. The summed E-state index contributed by atoms with van der Waals surface area (Å²) in [5.41, 5.74) is -0.307. The molecule has 4 nitrogen and oxygen atoms in total. The van der Waals surface area contributed by atoms with Gasteiger partial charge in [-0.05, 0) is 51.4 Å². The maximum atomic E-state index is 12.2. The van der Waals surface area contributed by atoms with Gasteiger partial charge in [-0.3, -0.25) is 9.69 Å². The third-order valence-electron chi connectivity index (χ3n) is 3.73. The molecule has 2 rings (SSSR count). The van der Waals surface area contributed by atoms with E-state index in [2.05, 4.69) is 5.32 Å². The third kappa shape index (κ3) is 4.33. The lowest BCUT2D eigenvalue weighted by atomic mass is 9.97. The van der Waals surface area contributed by atoms with Gasteiger partial charge in [-0.2, -0.15) is 0 Å². The number of amides is 1. The topological polar surface area (TPSA) is 52.6 Å². The number of rotatable bonds is 4. The van der Waals surface area contributed by atoms with Crippen molar-refractivity contribution in [2.24, 2.45) is 0 Å². The summed E-state index contributed by atoms with van der Waals surface area (Å²) in [7, 11) is 0. The van der Waals surface area contributed by atoms with Crippen molar-refractivity contribution in [1.82, 2.24) is 4.90 Å². The van der Waals surface area contributed by atoms with E-state index in [4.69, 9.17) is 23.2 Å². The van der Waals surface area contributed by atoms with Gasteiger partial charge in [-0.1, -0.05) is 23.2 Å². The van der Waals surface area contributed by atoms with Gasteiger partial charge in [-0.15, -0.1) is 0 Å². The summed E-state index contributed by atoms with van der Waals surface area (Å²) in [4.78, 5) is 14.2. The molecule has 21 heavy (non-hydrogen) atoms. The fourth-order valence-corrected chi connectivity index (χ4v) is 3.12. The van der Waals surface area contributed by atoms with Gasteiger partial charge in [0.2, 0.25) is 5.91 Å². The molecule has 6 heteroatoms. The number of nitrogens with one attached hydrogen (secondary N) is 1. The van der Waals surface area contributed by atoms with Crippen molar-refractivity contribution < 1.29 is 9.90 Å². The largest absolute Gasteiger partial charge is 0.389 e. The van der Waals surface area contributed by atoms with Crippen molar-refractivity contribution in [2.45, 2.75) is 38.3 Å². The quantitative estimate of drug-likeness (QED) is 0.891. The minimum atomic E-state index is -0.815. The number of benzene rings is 1. The van der Waals surface area contributed by atoms with E-state index in [0.29, 0.717) is 15.7 Å². The zero-order chi connectivity index (χ0) is 15.6. The van der Waals surface area contributed by atoms with E-state index in [1.165, 1.54) is 0 Å². The molecule has 1 saturated heterocycles. The van der Waals surface area contributed by atoms with Crippen LogP contribution in [0.3, 0.4) is 0 Å². The monoisotopic (exact) mass is 330 g/mol. The Balaban J connectivity index is 2.00. The lowest BCUT2D eigenvalue weighted by Crippen LogP contribution is -2.48. The Morgan fingerprint density at radius 1 is 1.48 bits per heavy atom. The van der Waals surface area contributed by atoms with Crippen LogP contribution < -0.4 is 5.32 Å². The van der Waals surface area contributed by atoms with Gasteiger partial charge in [0.15, 0.2) is 0 Å². The molecule has 1 amide bonds. The molecule has 1 aromatic rings. The number of nitrogens with zero attached hydrogens (tertiary/aromatic N) is 1. The number of hydrogen-bond donors (Lipinski definition) is 2. The number of carbonyl (C=O) groups excluding carboxylic acids is 1. The number of likely N-dealkylation sites (tertiary alicyclic amines) is 1. The number of hydrogen-bond acceptors (Lipinski definition) is 3. The van der Waals surface area contributed by atoms with Gasteiger partial charge >= 0.3 is 0 Å². The molecule has 0 bridgehead atoms. The summed E-state index contributed by atoms with van der Waals surface area (Å²) in [6, 6.07) is 4.94. The van der Waals surface area contributed by atoms with Crippen molar-refractivity contribution in [3.8, 4) is 0 Å². The molecule has 2 N–H and O–H groups in total. The molecule has 0 saturated carbocycles. The molecule has 0 radical (unpaired) electrons. The fourth-order valence-electron chi connectivity index (χ4n) is 2.78. The second kappa shape index (κ2) is 6.53. The molecule has 0 aromatic heterocycles. The molecule has 0 aliphatic carbocycles. The van der Waals surface area contributed by atoms with Crippen molar-refractivity contribution in [2.75, 3.05) is 18.4 Å². The maximum absolute atomic E-state index is 12.2. The smallest absolute Gasteiger partial charge is 0.238 e. The van der Waals surface area contributed by atoms with E-state index in [1.807, 2.05) is 4.90 Å². The van der Waals surface area contributed by atoms with Crippen LogP contribution in [0, 0.1) is 0 Å². The van der Waals surface area contributed by atoms with Crippen LogP contribution in [0.4, 0.5) is 5.69 Å². The summed E-state index contributed by atoms with van der Waals surface area (Å²) in [6.07, 6.45) is 1.88. The molecule has 1 fully saturated rings. The molecular formula is C15H20Cl2N2O2. The second-order valence-corrected chi connectivity index (χ2v) is 6.80. The van der Waals surface area contributed by atoms with E-state index >= 15 is 0 Å². The van der Waals surface area contributed by atoms with Crippen LogP contribution in [-0.4, -0.2) is 40.6 Å². The van der Waals surface area contributed by atoms with Gasteiger partial charge < -0.3 is 10.4 Å². The lowest BCUT2D eigenvalue weighted by Gasteiger charge is -2.33. The van der Waals surface area contributed by atoms with Gasteiger partial charge in [0, 0.05) is 11.1 Å². The minimum Gasteiger partial charge on any atom is -0.389 e. The molecule has 1 aliphatic heterocycles. The Morgan fingerprint density at radius 2 is 2.19 bits per heavy atom. The van der Waals surface area contributed by atoms with E-state index in [1.54, 1.807) is 32.0 Å². The van der Waals surface area contributed by atoms with Gasteiger partial charge in [0.1, 0.15) is 0 Å². The highest BCUT2D eigenvalue weighted by atomic mass is 35.5. The average Bonchev–Trinajstić information content (AvgIpc) is 2.81. The number of halogens is 2. The Bertz CT molecular complexity index is 529. The van der Waals surface area contributed by atoms with Crippen molar-refractivity contribution in [3.63, 3.8) is 0 Å². The molecule has 1 unspecified atom stereocenters. The van der Waals surface area contributed by atoms with Crippen LogP contribution in [0.15, 0.2) is 18.2 Å². The molecule has 1 atom stereocenters. The minimum absolute atomic E-state index is 0.00177. The zero-order valence-electron chi connectivity index (χ0n) is 12.2. The van der Waals surface area contributed by atoms with Crippen LogP contribution in [0.25, 0.3) is 0 Å². The zero-order valence-corrected chi connectivity index (χ0v) is 13.7. The van der Waals surface area contributed by atoms with Crippen molar-refractivity contribution >= 4 is 34.8 Å². The van der Waals surface area contributed by atoms with Crippen LogP contribution >= 0.6 is 23.2 Å². The normalized spacial score (nSPS) is 19.8. The first-order chi connectivity index (χ1) is 9.77. The van der Waals surface area contributed by atoms with E-state index in [0.717, 1.165) is 19.4 Å². The molecule has 0 spiro atoms. The average molecular weight is 331 g/mol. The number of anilines is 1. The standard InChI is InChI=1S/C15H20Cl2N2O2/c1-15(2,21)13-4-3-7-19(13)9-14(20)18-12-8-10(16)5-6-11(12)17/h5-6,8,13,21H,3-4,7,9H2,1-2H3,(H,18,20). The fraction of sp³-hybridized carbons (Fsp3) is 0.533. The summed E-state index contributed by atoms with van der Waals surface area (Å²) >= 11 is 11.9. The first-order valence-electron chi connectivity index (χ1n) is 6.98. The van der Waals surface area contributed by atoms with E-state index in [-0.39, 0.29) is 18.5 Å². The van der Waals surface area contributed by atoms with Crippen LogP contribution in [0.2, 0.25) is 10.0 Å². The van der Waals surface area contributed by atoms with Gasteiger partial charge in [-0.25, -0.2) is 0 Å².